The number of esters is 2. The van der Waals surface area contributed by atoms with Crippen LogP contribution in [0, 0.1) is 5.92 Å². The molecule has 0 heterocycles. The van der Waals surface area contributed by atoms with Gasteiger partial charge in [0.15, 0.2) is 14.4 Å². The number of alkyl carbamates (subject to hydrolysis) is 1. The van der Waals surface area contributed by atoms with E-state index in [0.717, 1.165) is 24.0 Å². The van der Waals surface area contributed by atoms with Crippen molar-refractivity contribution in [2.75, 3.05) is 6.61 Å². The van der Waals surface area contributed by atoms with E-state index >= 15 is 0 Å². The lowest BCUT2D eigenvalue weighted by atomic mass is 9.93. The van der Waals surface area contributed by atoms with Crippen molar-refractivity contribution >= 4 is 34.7 Å². The first-order valence-electron chi connectivity index (χ1n) is 19.3. The van der Waals surface area contributed by atoms with Crippen molar-refractivity contribution < 1.29 is 37.4 Å². The second-order valence-corrected chi connectivity index (χ2v) is 27.1. The van der Waals surface area contributed by atoms with E-state index in [1.807, 2.05) is 50.3 Å². The number of nitrogens with one attached hydrogen (secondary N) is 1. The molecule has 1 rings (SSSR count). The highest BCUT2D eigenvalue weighted by Gasteiger charge is 2.51. The predicted molar refractivity (Wildman–Crippen MR) is 216 cm³/mol. The molecule has 1 N–H and O–H groups in total. The van der Waals surface area contributed by atoms with E-state index < -0.39 is 59.0 Å². The summed E-state index contributed by atoms with van der Waals surface area (Å²) in [5, 5.41) is 2.62. The van der Waals surface area contributed by atoms with Crippen molar-refractivity contribution in [2.45, 2.75) is 182 Å². The number of ether oxygens (including phenoxy) is 3. The van der Waals surface area contributed by atoms with E-state index in [2.05, 4.69) is 87.6 Å². The lowest BCUT2D eigenvalue weighted by Gasteiger charge is -2.47. The fourth-order valence-electron chi connectivity index (χ4n) is 6.68. The Morgan fingerprint density at radius 2 is 1.37 bits per heavy atom. The van der Waals surface area contributed by atoms with Gasteiger partial charge in [-0.1, -0.05) is 118 Å². The zero-order valence-electron chi connectivity index (χ0n) is 35.4. The first-order chi connectivity index (χ1) is 24.0. The molecule has 0 aliphatic heterocycles. The van der Waals surface area contributed by atoms with Crippen LogP contribution in [0.25, 0.3) is 0 Å². The van der Waals surface area contributed by atoms with Crippen LogP contribution in [0.2, 0.25) is 34.8 Å². The fourth-order valence-corrected chi connectivity index (χ4v) is 13.7. The minimum absolute atomic E-state index is 0.0402. The average molecular weight is 764 g/mol. The SMILES string of the molecule is CCCC[C@@H](C(=O)OCC=C(C)C)[C@@H](O[Si](C(C)C)(C(C)C)C(C)C)[C@H](C)OC(=O)[C@@H](NC(=O)OCc1ccccc1)[C@@H](C)O[Si](C)(C)C(C)(C)C. The maximum Gasteiger partial charge on any atom is 0.408 e. The predicted octanol–water partition coefficient (Wildman–Crippen LogP) is 10.5. The van der Waals surface area contributed by atoms with Crippen molar-refractivity contribution in [1.29, 1.82) is 0 Å². The monoisotopic (exact) mass is 763 g/mol. The van der Waals surface area contributed by atoms with Crippen LogP contribution in [0.4, 0.5) is 4.79 Å². The molecule has 5 atom stereocenters. The lowest BCUT2D eigenvalue weighted by molar-refractivity contribution is -0.167. The number of carbonyl (C=O) groups excluding carboxylic acids is 3. The third-order valence-electron chi connectivity index (χ3n) is 10.6. The smallest absolute Gasteiger partial charge is 0.408 e. The van der Waals surface area contributed by atoms with Gasteiger partial charge in [0.1, 0.15) is 19.3 Å². The molecule has 0 radical (unpaired) electrons. The summed E-state index contributed by atoms with van der Waals surface area (Å²) in [6.07, 6.45) is 0.940. The molecule has 0 saturated heterocycles. The molecule has 9 nitrogen and oxygen atoms in total. The summed E-state index contributed by atoms with van der Waals surface area (Å²) < 4.78 is 31.6. The van der Waals surface area contributed by atoms with Gasteiger partial charge in [0, 0.05) is 0 Å². The van der Waals surface area contributed by atoms with Gasteiger partial charge in [-0.3, -0.25) is 4.79 Å². The summed E-state index contributed by atoms with van der Waals surface area (Å²) >= 11 is 0. The lowest BCUT2D eigenvalue weighted by Crippen LogP contribution is -2.57. The second kappa shape index (κ2) is 21.4. The molecule has 0 saturated carbocycles. The molecule has 0 fully saturated rings. The molecule has 0 spiro atoms. The summed E-state index contributed by atoms with van der Waals surface area (Å²) in [5.74, 6) is -1.71. The van der Waals surface area contributed by atoms with Crippen LogP contribution in [-0.2, 0) is 39.3 Å². The van der Waals surface area contributed by atoms with Gasteiger partial charge >= 0.3 is 18.0 Å². The number of allylic oxidation sites excluding steroid dienone is 1. The van der Waals surface area contributed by atoms with E-state index in [1.54, 1.807) is 13.8 Å². The maximum atomic E-state index is 14.3. The van der Waals surface area contributed by atoms with E-state index in [1.165, 1.54) is 0 Å². The van der Waals surface area contributed by atoms with Gasteiger partial charge < -0.3 is 28.4 Å². The molecule has 298 valence electrons. The highest BCUT2D eigenvalue weighted by molar-refractivity contribution is 6.77. The first-order valence-corrected chi connectivity index (χ1v) is 24.4. The standard InChI is InChI=1S/C41H73NO8Si2/c1-17-18-24-35(38(43)46-26-25-28(2)3)37(50-52(29(4)5,30(6)7)31(8)9)33(11)48-39(44)36(32(10)49-51(15,16)41(12,13)14)42-40(45)47-27-34-22-20-19-21-23-34/h19-23,25,29-33,35-37H,17-18,24,26-27H2,1-16H3,(H,42,45)/t32-,33+,35-,36+,37+/m1/s1. The van der Waals surface area contributed by atoms with Gasteiger partial charge in [-0.25, -0.2) is 9.59 Å². The molecular formula is C41H73NO8Si2. The minimum atomic E-state index is -2.59. The topological polar surface area (TPSA) is 109 Å². The largest absolute Gasteiger partial charge is 0.461 e. The van der Waals surface area contributed by atoms with Crippen LogP contribution in [0.1, 0.15) is 122 Å². The number of benzene rings is 1. The van der Waals surface area contributed by atoms with Crippen molar-refractivity contribution in [3.63, 3.8) is 0 Å². The van der Waals surface area contributed by atoms with Gasteiger partial charge in [0.25, 0.3) is 0 Å². The molecule has 1 aromatic rings. The molecular weight excluding hydrogens is 691 g/mol. The second-order valence-electron chi connectivity index (χ2n) is 17.0. The number of amides is 1. The van der Waals surface area contributed by atoms with Crippen LogP contribution in [0.3, 0.4) is 0 Å². The van der Waals surface area contributed by atoms with Crippen LogP contribution in [0.5, 0.6) is 0 Å². The van der Waals surface area contributed by atoms with Gasteiger partial charge in [-0.2, -0.15) is 0 Å². The third-order valence-corrected chi connectivity index (χ3v) is 21.3. The molecule has 0 aliphatic carbocycles. The van der Waals surface area contributed by atoms with E-state index in [0.29, 0.717) is 6.42 Å². The number of hydrogen-bond acceptors (Lipinski definition) is 8. The normalized spacial score (nSPS) is 15.4. The van der Waals surface area contributed by atoms with Crippen LogP contribution in [-0.4, -0.2) is 65.6 Å². The highest BCUT2D eigenvalue weighted by Crippen LogP contribution is 2.45. The van der Waals surface area contributed by atoms with Crippen LogP contribution < -0.4 is 5.32 Å². The zero-order chi connectivity index (χ0) is 40.0. The molecule has 0 aliphatic rings. The summed E-state index contributed by atoms with van der Waals surface area (Å²) in [6.45, 7) is 33.4. The quantitative estimate of drug-likeness (QED) is 0.0570. The van der Waals surface area contributed by atoms with Gasteiger partial charge in [-0.15, -0.1) is 0 Å². The van der Waals surface area contributed by atoms with Gasteiger partial charge in [0.05, 0.1) is 18.1 Å². The van der Waals surface area contributed by atoms with Crippen LogP contribution in [0.15, 0.2) is 42.0 Å². The third kappa shape index (κ3) is 14.1. The Kier molecular flexibility index (Phi) is 19.6. The Morgan fingerprint density at radius 1 is 0.808 bits per heavy atom. The number of hydrogen-bond donors (Lipinski definition) is 1. The van der Waals surface area contributed by atoms with Crippen molar-refractivity contribution in [3.05, 3.63) is 47.5 Å². The minimum Gasteiger partial charge on any atom is -0.461 e. The van der Waals surface area contributed by atoms with Crippen molar-refractivity contribution in [2.24, 2.45) is 5.92 Å². The Balaban J connectivity index is 3.66. The highest BCUT2D eigenvalue weighted by atomic mass is 28.4. The van der Waals surface area contributed by atoms with Gasteiger partial charge in [0.2, 0.25) is 8.32 Å². The molecule has 0 unspecified atom stereocenters. The Hall–Kier alpha value is -2.48. The summed E-state index contributed by atoms with van der Waals surface area (Å²) in [6, 6.07) is 8.16. The average Bonchev–Trinajstić information content (AvgIpc) is 3.02. The molecule has 0 aromatic heterocycles. The number of unbranched alkanes of at least 4 members (excludes halogenated alkanes) is 1. The van der Waals surface area contributed by atoms with E-state index in [4.69, 9.17) is 23.1 Å². The molecule has 52 heavy (non-hydrogen) atoms. The summed E-state index contributed by atoms with van der Waals surface area (Å²) in [4.78, 5) is 41.5. The van der Waals surface area contributed by atoms with Crippen molar-refractivity contribution in [3.8, 4) is 0 Å². The maximum absolute atomic E-state index is 14.3. The van der Waals surface area contributed by atoms with E-state index in [9.17, 15) is 14.4 Å². The van der Waals surface area contributed by atoms with Crippen LogP contribution >= 0.6 is 0 Å². The number of carbonyl (C=O) groups is 3. The summed E-state index contributed by atoms with van der Waals surface area (Å²) in [7, 11) is -4.98. The Morgan fingerprint density at radius 3 is 1.85 bits per heavy atom. The first kappa shape index (κ1) is 47.5. The number of rotatable bonds is 21. The fraction of sp³-hybridized carbons (Fsp3) is 0.732. The molecule has 0 bridgehead atoms. The van der Waals surface area contributed by atoms with Crippen molar-refractivity contribution in [1.82, 2.24) is 5.32 Å². The summed E-state index contributed by atoms with van der Waals surface area (Å²) in [5.41, 5.74) is 2.53. The van der Waals surface area contributed by atoms with E-state index in [-0.39, 0.29) is 40.8 Å². The molecule has 1 amide bonds. The van der Waals surface area contributed by atoms with Gasteiger partial charge in [-0.05, 0) is 80.5 Å². The Labute approximate surface area is 318 Å². The molecule has 11 heteroatoms. The zero-order valence-corrected chi connectivity index (χ0v) is 37.4. The molecule has 1 aromatic carbocycles. The Bertz CT molecular complexity index is 1250.